The van der Waals surface area contributed by atoms with E-state index in [-0.39, 0.29) is 6.04 Å². The lowest BCUT2D eigenvalue weighted by atomic mass is 10.3. The molecule has 0 aromatic carbocycles. The fourth-order valence-electron chi connectivity index (χ4n) is 1.54. The highest BCUT2D eigenvalue weighted by molar-refractivity contribution is 7.84. The summed E-state index contributed by atoms with van der Waals surface area (Å²) >= 11 is 0. The van der Waals surface area contributed by atoms with Gasteiger partial charge < -0.3 is 5.73 Å². The third-order valence-corrected chi connectivity index (χ3v) is 3.70. The molecular weight excluding hydrogens is 222 g/mol. The van der Waals surface area contributed by atoms with Crippen LogP contribution in [0.15, 0.2) is 6.07 Å². The molecule has 1 aromatic rings. The minimum atomic E-state index is -0.831. The third-order valence-electron chi connectivity index (χ3n) is 2.39. The first kappa shape index (κ1) is 13.4. The normalized spacial score (nSPS) is 15.0. The summed E-state index contributed by atoms with van der Waals surface area (Å²) in [5.41, 5.74) is 7.69. The van der Waals surface area contributed by atoms with E-state index in [1.54, 1.807) is 0 Å². The van der Waals surface area contributed by atoms with Crippen LogP contribution in [0.25, 0.3) is 0 Å². The second-order valence-electron chi connectivity index (χ2n) is 4.15. The van der Waals surface area contributed by atoms with Crippen molar-refractivity contribution in [3.8, 4) is 0 Å². The maximum Gasteiger partial charge on any atom is 0.0655 e. The number of hydrogen-bond donors (Lipinski definition) is 1. The average Bonchev–Trinajstić information content (AvgIpc) is 2.55. The quantitative estimate of drug-likeness (QED) is 0.816. The molecule has 1 rings (SSSR count). The Kier molecular flexibility index (Phi) is 5.15. The van der Waals surface area contributed by atoms with Crippen molar-refractivity contribution in [1.29, 1.82) is 0 Å². The van der Waals surface area contributed by atoms with Gasteiger partial charge in [0.25, 0.3) is 0 Å². The molecule has 0 fully saturated rings. The maximum absolute atomic E-state index is 11.8. The Bertz CT molecular complexity index is 360. The predicted molar refractivity (Wildman–Crippen MR) is 67.6 cm³/mol. The van der Waals surface area contributed by atoms with Gasteiger partial charge in [-0.2, -0.15) is 5.10 Å². The Morgan fingerprint density at radius 2 is 2.31 bits per heavy atom. The lowest BCUT2D eigenvalue weighted by molar-refractivity contribution is 0.625. The Hall–Kier alpha value is -0.680. The van der Waals surface area contributed by atoms with Crippen LogP contribution in [0.3, 0.4) is 0 Å². The summed E-state index contributed by atoms with van der Waals surface area (Å²) < 4.78 is 13.7. The van der Waals surface area contributed by atoms with Gasteiger partial charge in [-0.3, -0.25) is 8.89 Å². The fraction of sp³-hybridized carbons (Fsp3) is 0.727. The van der Waals surface area contributed by atoms with Gasteiger partial charge in [-0.05, 0) is 33.3 Å². The molecule has 0 spiro atoms. The van der Waals surface area contributed by atoms with Crippen LogP contribution in [-0.4, -0.2) is 25.8 Å². The van der Waals surface area contributed by atoms with Gasteiger partial charge >= 0.3 is 0 Å². The lowest BCUT2D eigenvalue weighted by Gasteiger charge is -2.06. The van der Waals surface area contributed by atoms with E-state index in [0.29, 0.717) is 11.5 Å². The number of rotatable bonds is 6. The zero-order chi connectivity index (χ0) is 12.1. The van der Waals surface area contributed by atoms with Gasteiger partial charge in [0.1, 0.15) is 0 Å². The van der Waals surface area contributed by atoms with Crippen molar-refractivity contribution in [2.24, 2.45) is 5.73 Å². The molecule has 4 nitrogen and oxygen atoms in total. The van der Waals surface area contributed by atoms with Crippen molar-refractivity contribution < 1.29 is 4.21 Å². The molecule has 0 saturated carbocycles. The van der Waals surface area contributed by atoms with Gasteiger partial charge in [0, 0.05) is 29.1 Å². The van der Waals surface area contributed by atoms with Gasteiger partial charge in [0.2, 0.25) is 0 Å². The topological polar surface area (TPSA) is 60.9 Å². The van der Waals surface area contributed by atoms with Crippen molar-refractivity contribution in [2.45, 2.75) is 45.5 Å². The van der Waals surface area contributed by atoms with Crippen LogP contribution >= 0.6 is 0 Å². The average molecular weight is 243 g/mol. The number of nitrogens with two attached hydrogens (primary N) is 1. The second kappa shape index (κ2) is 6.15. The summed E-state index contributed by atoms with van der Waals surface area (Å²) in [6, 6.07) is 2.13. The van der Waals surface area contributed by atoms with Gasteiger partial charge in [-0.1, -0.05) is 0 Å². The van der Waals surface area contributed by atoms with Crippen LogP contribution in [0.4, 0.5) is 0 Å². The molecule has 5 heteroatoms. The molecule has 1 aromatic heterocycles. The summed E-state index contributed by atoms with van der Waals surface area (Å²) in [6.07, 6.45) is 0.811. The van der Waals surface area contributed by atoms with E-state index in [1.807, 2.05) is 31.5 Å². The van der Waals surface area contributed by atoms with Crippen molar-refractivity contribution in [3.05, 3.63) is 17.5 Å². The first-order chi connectivity index (χ1) is 7.52. The smallest absolute Gasteiger partial charge is 0.0655 e. The summed E-state index contributed by atoms with van der Waals surface area (Å²) in [6.45, 7) is 6.77. The molecule has 0 amide bonds. The fourth-order valence-corrected chi connectivity index (χ4v) is 2.88. The van der Waals surface area contributed by atoms with Crippen LogP contribution in [0.1, 0.15) is 31.7 Å². The Morgan fingerprint density at radius 1 is 1.62 bits per heavy atom. The highest BCUT2D eigenvalue weighted by atomic mass is 32.2. The van der Waals surface area contributed by atoms with E-state index in [2.05, 4.69) is 5.10 Å². The summed E-state index contributed by atoms with van der Waals surface area (Å²) in [5, 5.41) is 4.33. The third kappa shape index (κ3) is 4.06. The zero-order valence-corrected chi connectivity index (χ0v) is 11.1. The lowest BCUT2D eigenvalue weighted by Crippen LogP contribution is -2.18. The molecule has 2 unspecified atom stereocenters. The molecular formula is C11H21N3OS. The summed E-state index contributed by atoms with van der Waals surface area (Å²) in [4.78, 5) is 0. The Morgan fingerprint density at radius 3 is 2.88 bits per heavy atom. The maximum atomic E-state index is 11.8. The summed E-state index contributed by atoms with van der Waals surface area (Å²) in [7, 11) is -0.831. The SMILES string of the molecule is CCn1nc(C)cc1CS(=O)CCC(C)N. The Balaban J connectivity index is 2.55. The van der Waals surface area contributed by atoms with Crippen LogP contribution < -0.4 is 5.73 Å². The van der Waals surface area contributed by atoms with E-state index in [9.17, 15) is 4.21 Å². The van der Waals surface area contributed by atoms with E-state index in [0.717, 1.165) is 24.4 Å². The molecule has 92 valence electrons. The molecule has 0 radical (unpaired) electrons. The zero-order valence-electron chi connectivity index (χ0n) is 10.3. The van der Waals surface area contributed by atoms with E-state index in [4.69, 9.17) is 5.73 Å². The van der Waals surface area contributed by atoms with Crippen molar-refractivity contribution in [2.75, 3.05) is 5.75 Å². The number of nitrogens with zero attached hydrogens (tertiary/aromatic N) is 2. The predicted octanol–water partition coefficient (Wildman–Crippen LogP) is 1.20. The molecule has 0 aliphatic heterocycles. The second-order valence-corrected chi connectivity index (χ2v) is 5.72. The minimum Gasteiger partial charge on any atom is -0.328 e. The number of aromatic nitrogens is 2. The van der Waals surface area contributed by atoms with Gasteiger partial charge in [0.05, 0.1) is 17.1 Å². The molecule has 0 aliphatic rings. The van der Waals surface area contributed by atoms with E-state index in [1.165, 1.54) is 0 Å². The van der Waals surface area contributed by atoms with E-state index >= 15 is 0 Å². The number of aryl methyl sites for hydroxylation is 2. The van der Waals surface area contributed by atoms with Gasteiger partial charge in [0.15, 0.2) is 0 Å². The van der Waals surface area contributed by atoms with Crippen LogP contribution in [0, 0.1) is 6.92 Å². The minimum absolute atomic E-state index is 0.127. The molecule has 0 bridgehead atoms. The first-order valence-corrected chi connectivity index (χ1v) is 7.15. The van der Waals surface area contributed by atoms with Crippen molar-refractivity contribution >= 4 is 10.8 Å². The highest BCUT2D eigenvalue weighted by Gasteiger charge is 2.09. The molecule has 16 heavy (non-hydrogen) atoms. The van der Waals surface area contributed by atoms with Crippen LogP contribution in [0.2, 0.25) is 0 Å². The monoisotopic (exact) mass is 243 g/mol. The standard InChI is InChI=1S/C11H21N3OS/c1-4-14-11(7-10(3)13-14)8-16(15)6-5-9(2)12/h7,9H,4-6,8,12H2,1-3H3. The van der Waals surface area contributed by atoms with E-state index < -0.39 is 10.8 Å². The van der Waals surface area contributed by atoms with Gasteiger partial charge in [-0.25, -0.2) is 0 Å². The summed E-state index contributed by atoms with van der Waals surface area (Å²) in [5.74, 6) is 1.26. The first-order valence-electron chi connectivity index (χ1n) is 5.66. The van der Waals surface area contributed by atoms with Crippen molar-refractivity contribution in [3.63, 3.8) is 0 Å². The van der Waals surface area contributed by atoms with Crippen LogP contribution in [-0.2, 0) is 23.1 Å². The number of hydrogen-bond acceptors (Lipinski definition) is 3. The van der Waals surface area contributed by atoms with Gasteiger partial charge in [-0.15, -0.1) is 0 Å². The molecule has 0 saturated heterocycles. The molecule has 1 heterocycles. The largest absolute Gasteiger partial charge is 0.328 e. The molecule has 2 atom stereocenters. The Labute approximate surface area is 99.7 Å². The molecule has 2 N–H and O–H groups in total. The van der Waals surface area contributed by atoms with Crippen molar-refractivity contribution in [1.82, 2.24) is 9.78 Å². The highest BCUT2D eigenvalue weighted by Crippen LogP contribution is 2.08. The molecule has 0 aliphatic carbocycles. The van der Waals surface area contributed by atoms with Crippen LogP contribution in [0.5, 0.6) is 0 Å².